The van der Waals surface area contributed by atoms with E-state index >= 15 is 0 Å². The Kier molecular flexibility index (Phi) is 3.61. The summed E-state index contributed by atoms with van der Waals surface area (Å²) in [6, 6.07) is 1.57. The summed E-state index contributed by atoms with van der Waals surface area (Å²) >= 11 is 2.86. The fourth-order valence-corrected chi connectivity index (χ4v) is 1.83. The van der Waals surface area contributed by atoms with Gasteiger partial charge >= 0.3 is 6.03 Å². The van der Waals surface area contributed by atoms with Crippen LogP contribution in [0.25, 0.3) is 0 Å². The lowest BCUT2D eigenvalue weighted by molar-refractivity contribution is 0.240. The molecule has 0 unspecified atom stereocenters. The minimum absolute atomic E-state index is 0.0277. The average molecular weight is 305 g/mol. The summed E-state index contributed by atoms with van der Waals surface area (Å²) in [5.41, 5.74) is -0.164. The van der Waals surface area contributed by atoms with Crippen molar-refractivity contribution in [3.8, 4) is 0 Å². The van der Waals surface area contributed by atoms with Crippen molar-refractivity contribution in [2.24, 2.45) is 0 Å². The Morgan fingerprint density at radius 2 is 2.00 bits per heavy atom. The quantitative estimate of drug-likeness (QED) is 0.808. The molecule has 1 aromatic carbocycles. The van der Waals surface area contributed by atoms with Gasteiger partial charge in [0.1, 0.15) is 11.6 Å². The first-order valence-corrected chi connectivity index (χ1v) is 6.07. The van der Waals surface area contributed by atoms with E-state index in [0.29, 0.717) is 0 Å². The maximum Gasteiger partial charge on any atom is 0.319 e. The van der Waals surface area contributed by atoms with E-state index in [0.717, 1.165) is 31.4 Å². The molecule has 17 heavy (non-hydrogen) atoms. The standard InChI is InChI=1S/C11H11BrF2N2O/c12-7-4-9(14)10(5-8(7)13)16-11(17)15-6-2-1-3-6/h4-6H,1-3H2,(H2,15,16,17). The number of hydrogen-bond acceptors (Lipinski definition) is 1. The van der Waals surface area contributed by atoms with E-state index in [2.05, 4.69) is 26.6 Å². The molecule has 0 bridgehead atoms. The van der Waals surface area contributed by atoms with Crippen LogP contribution in [0.4, 0.5) is 19.3 Å². The van der Waals surface area contributed by atoms with Crippen LogP contribution in [0.3, 0.4) is 0 Å². The molecule has 92 valence electrons. The van der Waals surface area contributed by atoms with E-state index in [4.69, 9.17) is 0 Å². The molecule has 1 aromatic rings. The monoisotopic (exact) mass is 304 g/mol. The maximum absolute atomic E-state index is 13.4. The van der Waals surface area contributed by atoms with E-state index in [-0.39, 0.29) is 16.2 Å². The molecule has 0 aliphatic heterocycles. The van der Waals surface area contributed by atoms with Gasteiger partial charge in [-0.3, -0.25) is 0 Å². The smallest absolute Gasteiger partial charge is 0.319 e. The molecule has 1 aliphatic carbocycles. The minimum Gasteiger partial charge on any atom is -0.335 e. The predicted octanol–water partition coefficient (Wildman–Crippen LogP) is 3.40. The number of anilines is 1. The second-order valence-corrected chi connectivity index (χ2v) is 4.83. The molecule has 2 rings (SSSR count). The van der Waals surface area contributed by atoms with E-state index < -0.39 is 17.7 Å². The van der Waals surface area contributed by atoms with Crippen LogP contribution in [0, 0.1) is 11.6 Å². The molecule has 0 atom stereocenters. The lowest BCUT2D eigenvalue weighted by Crippen LogP contribution is -2.42. The Hall–Kier alpha value is -1.17. The zero-order chi connectivity index (χ0) is 12.4. The number of benzene rings is 1. The topological polar surface area (TPSA) is 41.1 Å². The molecule has 3 nitrogen and oxygen atoms in total. The van der Waals surface area contributed by atoms with Crippen molar-refractivity contribution in [3.05, 3.63) is 28.2 Å². The molecular weight excluding hydrogens is 294 g/mol. The number of hydrogen-bond donors (Lipinski definition) is 2. The summed E-state index contributed by atoms with van der Waals surface area (Å²) in [6.45, 7) is 0. The van der Waals surface area contributed by atoms with Crippen molar-refractivity contribution in [1.29, 1.82) is 0 Å². The largest absolute Gasteiger partial charge is 0.335 e. The molecule has 1 aliphatic rings. The van der Waals surface area contributed by atoms with Gasteiger partial charge in [-0.05, 0) is 41.3 Å². The predicted molar refractivity (Wildman–Crippen MR) is 63.9 cm³/mol. The van der Waals surface area contributed by atoms with Crippen LogP contribution in [0.2, 0.25) is 0 Å². The minimum atomic E-state index is -0.679. The van der Waals surface area contributed by atoms with Gasteiger partial charge in [0.05, 0.1) is 10.2 Å². The third-order valence-corrected chi connectivity index (χ3v) is 3.31. The molecule has 0 spiro atoms. The maximum atomic E-state index is 13.4. The van der Waals surface area contributed by atoms with Gasteiger partial charge in [-0.1, -0.05) is 0 Å². The van der Waals surface area contributed by atoms with Crippen molar-refractivity contribution in [2.75, 3.05) is 5.32 Å². The highest BCUT2D eigenvalue weighted by atomic mass is 79.9. The Morgan fingerprint density at radius 3 is 2.59 bits per heavy atom. The van der Waals surface area contributed by atoms with Gasteiger partial charge in [0.2, 0.25) is 0 Å². The second kappa shape index (κ2) is 5.00. The Balaban J connectivity index is 2.02. The number of nitrogens with one attached hydrogen (secondary N) is 2. The van der Waals surface area contributed by atoms with Crippen LogP contribution in [-0.4, -0.2) is 12.1 Å². The van der Waals surface area contributed by atoms with Crippen LogP contribution < -0.4 is 10.6 Å². The highest BCUT2D eigenvalue weighted by molar-refractivity contribution is 9.10. The first-order chi connectivity index (χ1) is 8.06. The van der Waals surface area contributed by atoms with Crippen LogP contribution in [0.15, 0.2) is 16.6 Å². The fraction of sp³-hybridized carbons (Fsp3) is 0.364. The van der Waals surface area contributed by atoms with Crippen LogP contribution >= 0.6 is 15.9 Å². The van der Waals surface area contributed by atoms with Crippen molar-refractivity contribution in [1.82, 2.24) is 5.32 Å². The van der Waals surface area contributed by atoms with E-state index in [1.165, 1.54) is 0 Å². The number of halogens is 3. The molecule has 0 aromatic heterocycles. The number of rotatable bonds is 2. The SMILES string of the molecule is O=C(Nc1cc(F)c(Br)cc1F)NC1CCC1. The molecule has 0 saturated heterocycles. The fourth-order valence-electron chi connectivity index (χ4n) is 1.51. The summed E-state index contributed by atoms with van der Waals surface area (Å²) in [5.74, 6) is -1.30. The Bertz CT molecular complexity index is 449. The van der Waals surface area contributed by atoms with Gasteiger partial charge in [0, 0.05) is 12.1 Å². The normalized spacial score (nSPS) is 15.2. The molecule has 2 N–H and O–H groups in total. The second-order valence-electron chi connectivity index (χ2n) is 3.97. The summed E-state index contributed by atoms with van der Waals surface area (Å²) in [4.78, 5) is 11.4. The number of amides is 2. The van der Waals surface area contributed by atoms with Crippen LogP contribution in [-0.2, 0) is 0 Å². The van der Waals surface area contributed by atoms with Crippen molar-refractivity contribution in [3.63, 3.8) is 0 Å². The first-order valence-electron chi connectivity index (χ1n) is 5.28. The van der Waals surface area contributed by atoms with E-state index in [1.54, 1.807) is 0 Å². The molecule has 1 fully saturated rings. The van der Waals surface area contributed by atoms with Crippen LogP contribution in [0.5, 0.6) is 0 Å². The Labute approximate surface area is 106 Å². The first kappa shape index (κ1) is 12.3. The van der Waals surface area contributed by atoms with Crippen molar-refractivity contribution < 1.29 is 13.6 Å². The van der Waals surface area contributed by atoms with Gasteiger partial charge in [-0.15, -0.1) is 0 Å². The molecular formula is C11H11BrF2N2O. The van der Waals surface area contributed by atoms with Gasteiger partial charge in [-0.25, -0.2) is 13.6 Å². The number of carbonyl (C=O) groups is 1. The molecule has 1 saturated carbocycles. The zero-order valence-electron chi connectivity index (χ0n) is 8.90. The zero-order valence-corrected chi connectivity index (χ0v) is 10.5. The van der Waals surface area contributed by atoms with Gasteiger partial charge < -0.3 is 10.6 Å². The van der Waals surface area contributed by atoms with E-state index in [1.807, 2.05) is 0 Å². The summed E-state index contributed by atoms with van der Waals surface area (Å²) in [6.07, 6.45) is 2.96. The Morgan fingerprint density at radius 1 is 1.29 bits per heavy atom. The van der Waals surface area contributed by atoms with Crippen molar-refractivity contribution in [2.45, 2.75) is 25.3 Å². The van der Waals surface area contributed by atoms with Gasteiger partial charge in [0.15, 0.2) is 0 Å². The third-order valence-electron chi connectivity index (χ3n) is 2.70. The highest BCUT2D eigenvalue weighted by Gasteiger charge is 2.20. The van der Waals surface area contributed by atoms with Crippen molar-refractivity contribution >= 4 is 27.6 Å². The average Bonchev–Trinajstić information content (AvgIpc) is 2.20. The lowest BCUT2D eigenvalue weighted by atomic mass is 9.93. The van der Waals surface area contributed by atoms with Gasteiger partial charge in [-0.2, -0.15) is 0 Å². The summed E-state index contributed by atoms with van der Waals surface area (Å²) in [7, 11) is 0. The third kappa shape index (κ3) is 2.94. The number of urea groups is 1. The van der Waals surface area contributed by atoms with Gasteiger partial charge in [0.25, 0.3) is 0 Å². The molecule has 0 radical (unpaired) electrons. The highest BCUT2D eigenvalue weighted by Crippen LogP contribution is 2.23. The van der Waals surface area contributed by atoms with Crippen LogP contribution in [0.1, 0.15) is 19.3 Å². The lowest BCUT2D eigenvalue weighted by Gasteiger charge is -2.26. The van der Waals surface area contributed by atoms with E-state index in [9.17, 15) is 13.6 Å². The number of carbonyl (C=O) groups excluding carboxylic acids is 1. The molecule has 0 heterocycles. The molecule has 6 heteroatoms. The molecule has 2 amide bonds. The summed E-state index contributed by atoms with van der Waals surface area (Å²) < 4.78 is 26.6. The summed E-state index contributed by atoms with van der Waals surface area (Å²) in [5, 5.41) is 4.97.